The molecule has 0 fully saturated rings. The minimum absolute atomic E-state index is 0.233. The lowest BCUT2D eigenvalue weighted by molar-refractivity contribution is -0.139. The smallest absolute Gasteiger partial charge is 0.353 e. The summed E-state index contributed by atoms with van der Waals surface area (Å²) in [5, 5.41) is 0. The summed E-state index contributed by atoms with van der Waals surface area (Å²) in [7, 11) is 0. The summed E-state index contributed by atoms with van der Waals surface area (Å²) in [5.74, 6) is -0.392. The molecule has 8 heavy (non-hydrogen) atoms. The Hall–Kier alpha value is -0.990. The van der Waals surface area contributed by atoms with Crippen LogP contribution < -0.4 is 5.73 Å². The second kappa shape index (κ2) is 1.86. The van der Waals surface area contributed by atoms with Crippen LogP contribution in [0.25, 0.3) is 0 Å². The number of hydrogen-bond donors (Lipinski definition) is 1. The summed E-state index contributed by atoms with van der Waals surface area (Å²) in [4.78, 5) is 10.4. The van der Waals surface area contributed by atoms with E-state index in [4.69, 9.17) is 5.73 Å². The molecule has 1 rings (SSSR count). The lowest BCUT2D eigenvalue weighted by Crippen LogP contribution is -2.19. The summed E-state index contributed by atoms with van der Waals surface area (Å²) in [6.45, 7) is 0.472. The molecule has 0 aromatic rings. The molecule has 1 aliphatic heterocycles. The van der Waals surface area contributed by atoms with Gasteiger partial charge < -0.3 is 10.5 Å². The molecule has 44 valence electrons. The first-order chi connectivity index (χ1) is 3.80. The third kappa shape index (κ3) is 0.804. The van der Waals surface area contributed by atoms with Crippen molar-refractivity contribution >= 4 is 5.97 Å². The van der Waals surface area contributed by atoms with Crippen molar-refractivity contribution in [3.8, 4) is 0 Å². The predicted molar refractivity (Wildman–Crippen MR) is 27.8 cm³/mol. The molecule has 0 amide bonds. The van der Waals surface area contributed by atoms with Gasteiger partial charge in [-0.1, -0.05) is 6.08 Å². The van der Waals surface area contributed by atoms with E-state index in [-0.39, 0.29) is 5.70 Å². The molecule has 2 N–H and O–H groups in total. The highest BCUT2D eigenvalue weighted by Gasteiger charge is 2.09. The fourth-order valence-electron chi connectivity index (χ4n) is 0.533. The van der Waals surface area contributed by atoms with E-state index >= 15 is 0 Å². The summed E-state index contributed by atoms with van der Waals surface area (Å²) >= 11 is 0. The molecule has 0 aliphatic carbocycles. The Balaban J connectivity index is 2.67. The molecule has 0 aromatic heterocycles. The molecule has 1 heterocycles. The SMILES string of the molecule is NC1=CCCOC1=O. The van der Waals surface area contributed by atoms with Gasteiger partial charge in [0.15, 0.2) is 0 Å². The molecule has 3 heteroatoms. The largest absolute Gasteiger partial charge is 0.461 e. The number of carbonyl (C=O) groups excluding carboxylic acids is 1. The zero-order valence-corrected chi connectivity index (χ0v) is 4.39. The quantitative estimate of drug-likeness (QED) is 0.442. The summed E-state index contributed by atoms with van der Waals surface area (Å²) in [6.07, 6.45) is 2.42. The van der Waals surface area contributed by atoms with E-state index in [0.29, 0.717) is 6.61 Å². The van der Waals surface area contributed by atoms with Crippen molar-refractivity contribution in [3.63, 3.8) is 0 Å². The van der Waals surface area contributed by atoms with Crippen LogP contribution in [0.3, 0.4) is 0 Å². The fraction of sp³-hybridized carbons (Fsp3) is 0.400. The van der Waals surface area contributed by atoms with E-state index in [2.05, 4.69) is 4.74 Å². The molecule has 0 radical (unpaired) electrons. The van der Waals surface area contributed by atoms with Crippen molar-refractivity contribution in [2.75, 3.05) is 6.61 Å². The van der Waals surface area contributed by atoms with E-state index in [1.54, 1.807) is 6.08 Å². The van der Waals surface area contributed by atoms with E-state index in [9.17, 15) is 4.79 Å². The third-order valence-corrected chi connectivity index (χ3v) is 0.951. The van der Waals surface area contributed by atoms with Gasteiger partial charge in [-0.15, -0.1) is 0 Å². The molecule has 0 unspecified atom stereocenters. The Morgan fingerprint density at radius 2 is 2.50 bits per heavy atom. The van der Waals surface area contributed by atoms with Crippen LogP contribution >= 0.6 is 0 Å². The van der Waals surface area contributed by atoms with Gasteiger partial charge in [0.1, 0.15) is 5.70 Å². The van der Waals surface area contributed by atoms with Gasteiger partial charge in [-0.05, 0) is 0 Å². The van der Waals surface area contributed by atoms with Gasteiger partial charge >= 0.3 is 5.97 Å². The van der Waals surface area contributed by atoms with Gasteiger partial charge in [0.25, 0.3) is 0 Å². The standard InChI is InChI=1S/C5H7NO2/c6-4-2-1-3-8-5(4)7/h2H,1,3,6H2. The molecule has 0 aromatic carbocycles. The Bertz CT molecular complexity index is 139. The van der Waals surface area contributed by atoms with Crippen molar-refractivity contribution in [1.29, 1.82) is 0 Å². The number of ether oxygens (including phenoxy) is 1. The number of hydrogen-bond acceptors (Lipinski definition) is 3. The summed E-state index contributed by atoms with van der Waals surface area (Å²) in [5.41, 5.74) is 5.40. The number of cyclic esters (lactones) is 1. The second-order valence-corrected chi connectivity index (χ2v) is 1.58. The Morgan fingerprint density at radius 3 is 2.88 bits per heavy atom. The van der Waals surface area contributed by atoms with Crippen molar-refractivity contribution in [2.24, 2.45) is 5.73 Å². The van der Waals surface area contributed by atoms with E-state index in [1.807, 2.05) is 0 Å². The molecular weight excluding hydrogens is 106 g/mol. The monoisotopic (exact) mass is 113 g/mol. The predicted octanol–water partition coefficient (Wildman–Crippen LogP) is -0.224. The van der Waals surface area contributed by atoms with Crippen LogP contribution in [-0.2, 0) is 9.53 Å². The number of carbonyl (C=O) groups is 1. The van der Waals surface area contributed by atoms with Crippen LogP contribution in [-0.4, -0.2) is 12.6 Å². The first-order valence-electron chi connectivity index (χ1n) is 2.43. The Morgan fingerprint density at radius 1 is 1.75 bits per heavy atom. The van der Waals surface area contributed by atoms with E-state index in [0.717, 1.165) is 6.42 Å². The van der Waals surface area contributed by atoms with E-state index < -0.39 is 5.97 Å². The van der Waals surface area contributed by atoms with Crippen LogP contribution in [0.15, 0.2) is 11.8 Å². The van der Waals surface area contributed by atoms with Crippen molar-refractivity contribution in [1.82, 2.24) is 0 Å². The average Bonchev–Trinajstić information content (AvgIpc) is 1.77. The van der Waals surface area contributed by atoms with Crippen LogP contribution in [0, 0.1) is 0 Å². The molecule has 3 nitrogen and oxygen atoms in total. The Kier molecular flexibility index (Phi) is 1.20. The lowest BCUT2D eigenvalue weighted by atomic mass is 10.3. The van der Waals surface area contributed by atoms with Crippen molar-refractivity contribution in [2.45, 2.75) is 6.42 Å². The first-order valence-corrected chi connectivity index (χ1v) is 2.43. The fourth-order valence-corrected chi connectivity index (χ4v) is 0.533. The highest BCUT2D eigenvalue weighted by molar-refractivity contribution is 5.87. The summed E-state index contributed by atoms with van der Waals surface area (Å²) < 4.78 is 4.56. The Labute approximate surface area is 47.1 Å². The maximum atomic E-state index is 10.4. The maximum absolute atomic E-state index is 10.4. The topological polar surface area (TPSA) is 52.3 Å². The molecule has 0 atom stereocenters. The normalized spacial score (nSPS) is 19.5. The maximum Gasteiger partial charge on any atom is 0.353 e. The third-order valence-electron chi connectivity index (χ3n) is 0.951. The van der Waals surface area contributed by atoms with Gasteiger partial charge in [-0.25, -0.2) is 4.79 Å². The molecule has 1 aliphatic rings. The van der Waals surface area contributed by atoms with Crippen molar-refractivity contribution in [3.05, 3.63) is 11.8 Å². The van der Waals surface area contributed by atoms with Gasteiger partial charge in [0.2, 0.25) is 0 Å². The zero-order chi connectivity index (χ0) is 5.98. The van der Waals surface area contributed by atoms with Crippen LogP contribution in [0.2, 0.25) is 0 Å². The molecule has 0 spiro atoms. The molecule has 0 saturated carbocycles. The highest BCUT2D eigenvalue weighted by Crippen LogP contribution is 1.99. The van der Waals surface area contributed by atoms with Gasteiger partial charge in [0.05, 0.1) is 6.61 Å². The minimum atomic E-state index is -0.392. The van der Waals surface area contributed by atoms with Crippen LogP contribution in [0.1, 0.15) is 6.42 Å². The number of nitrogens with two attached hydrogens (primary N) is 1. The zero-order valence-electron chi connectivity index (χ0n) is 4.39. The van der Waals surface area contributed by atoms with Gasteiger partial charge in [-0.3, -0.25) is 0 Å². The van der Waals surface area contributed by atoms with Gasteiger partial charge in [0, 0.05) is 6.42 Å². The first kappa shape index (κ1) is 5.15. The highest BCUT2D eigenvalue weighted by atomic mass is 16.5. The van der Waals surface area contributed by atoms with E-state index in [1.165, 1.54) is 0 Å². The lowest BCUT2D eigenvalue weighted by Gasteiger charge is -2.07. The van der Waals surface area contributed by atoms with Crippen molar-refractivity contribution < 1.29 is 9.53 Å². The van der Waals surface area contributed by atoms with Gasteiger partial charge in [-0.2, -0.15) is 0 Å². The number of rotatable bonds is 0. The molecular formula is C5H7NO2. The summed E-state index contributed by atoms with van der Waals surface area (Å²) in [6, 6.07) is 0. The number of esters is 1. The second-order valence-electron chi connectivity index (χ2n) is 1.58. The van der Waals surface area contributed by atoms with Crippen LogP contribution in [0.5, 0.6) is 0 Å². The minimum Gasteiger partial charge on any atom is -0.461 e. The average molecular weight is 113 g/mol. The molecule has 0 bridgehead atoms. The molecule has 0 saturated heterocycles. The van der Waals surface area contributed by atoms with Crippen LogP contribution in [0.4, 0.5) is 0 Å².